The molecule has 1 atom stereocenters. The summed E-state index contributed by atoms with van der Waals surface area (Å²) in [4.78, 5) is 23.0. The van der Waals surface area contributed by atoms with Gasteiger partial charge in [0.1, 0.15) is 11.0 Å². The molecule has 178 valence electrons. The molecule has 1 saturated heterocycles. The number of hydrogen-bond acceptors (Lipinski definition) is 8. The summed E-state index contributed by atoms with van der Waals surface area (Å²) < 4.78 is 30.0. The summed E-state index contributed by atoms with van der Waals surface area (Å²) in [6, 6.07) is 10.2. The minimum Gasteiger partial charge on any atom is -0.446 e. The Balaban J connectivity index is 1.14. The van der Waals surface area contributed by atoms with E-state index in [9.17, 15) is 13.2 Å². The first kappa shape index (κ1) is 23.4. The van der Waals surface area contributed by atoms with Crippen LogP contribution in [0.4, 0.5) is 10.7 Å². The lowest BCUT2D eigenvalue weighted by Crippen LogP contribution is -2.42. The fourth-order valence-electron chi connectivity index (χ4n) is 3.83. The molecule has 2 heterocycles. The van der Waals surface area contributed by atoms with Gasteiger partial charge in [-0.1, -0.05) is 30.3 Å². The summed E-state index contributed by atoms with van der Waals surface area (Å²) in [6.45, 7) is 4.95. The number of anilines is 1. The number of rotatable bonds is 9. The number of likely N-dealkylation sites (tertiary alicyclic amines) is 1. The maximum Gasteiger partial charge on any atom is 0.407 e. The fraction of sp³-hybridized carbons (Fsp3) is 0.522. The van der Waals surface area contributed by atoms with Gasteiger partial charge in [0.2, 0.25) is 5.95 Å². The Morgan fingerprint density at radius 3 is 2.42 bits per heavy atom. The van der Waals surface area contributed by atoms with E-state index in [1.54, 1.807) is 0 Å². The molecule has 10 heteroatoms. The van der Waals surface area contributed by atoms with Crippen molar-refractivity contribution in [2.75, 3.05) is 25.0 Å². The lowest BCUT2D eigenvalue weighted by Gasteiger charge is -2.31. The third-order valence-corrected chi connectivity index (χ3v) is 8.12. The Labute approximate surface area is 194 Å². The predicted molar refractivity (Wildman–Crippen MR) is 125 cm³/mol. The lowest BCUT2D eigenvalue weighted by molar-refractivity contribution is 0.0475. The van der Waals surface area contributed by atoms with Crippen LogP contribution in [0.2, 0.25) is 0 Å². The first-order chi connectivity index (χ1) is 15.9. The van der Waals surface area contributed by atoms with Crippen molar-refractivity contribution < 1.29 is 17.9 Å². The third-order valence-electron chi connectivity index (χ3n) is 5.91. The Morgan fingerprint density at radius 1 is 1.12 bits per heavy atom. The first-order valence-electron chi connectivity index (χ1n) is 11.4. The number of benzene rings is 1. The van der Waals surface area contributed by atoms with Gasteiger partial charge in [-0.05, 0) is 38.2 Å². The highest BCUT2D eigenvalue weighted by molar-refractivity contribution is 7.92. The second kappa shape index (κ2) is 10.5. The zero-order chi connectivity index (χ0) is 23.3. The third kappa shape index (κ3) is 6.64. The summed E-state index contributed by atoms with van der Waals surface area (Å²) in [6.07, 6.45) is 5.19. The van der Waals surface area contributed by atoms with Crippen LogP contribution in [0.15, 0.2) is 47.6 Å². The number of ether oxygens (including phenoxy) is 1. The highest BCUT2D eigenvalue weighted by Gasteiger charge is 2.37. The van der Waals surface area contributed by atoms with Crippen molar-refractivity contribution in [3.05, 3.63) is 48.3 Å². The van der Waals surface area contributed by atoms with E-state index in [0.29, 0.717) is 25.3 Å². The number of aromatic nitrogens is 2. The smallest absolute Gasteiger partial charge is 0.407 e. The number of carbonyl (C=O) groups is 1. The molecule has 2 aliphatic rings. The molecule has 0 radical (unpaired) electrons. The van der Waals surface area contributed by atoms with Crippen molar-refractivity contribution >= 4 is 21.9 Å². The Kier molecular flexibility index (Phi) is 7.44. The monoisotopic (exact) mass is 473 g/mol. The molecule has 0 spiro atoms. The Morgan fingerprint density at radius 2 is 1.79 bits per heavy atom. The number of hydrogen-bond donors (Lipinski definition) is 2. The zero-order valence-electron chi connectivity index (χ0n) is 18.8. The molecule has 1 aromatic heterocycles. The van der Waals surface area contributed by atoms with E-state index in [0.717, 1.165) is 32.5 Å². The summed E-state index contributed by atoms with van der Waals surface area (Å²) in [5, 5.41) is 5.54. The molecule has 1 aliphatic heterocycles. The normalized spacial score (nSPS) is 18.5. The van der Waals surface area contributed by atoms with Crippen molar-refractivity contribution in [1.29, 1.82) is 0 Å². The number of sulfone groups is 1. The summed E-state index contributed by atoms with van der Waals surface area (Å²) in [5.74, 6) is 0.317. The maximum absolute atomic E-state index is 12.3. The second-order valence-corrected chi connectivity index (χ2v) is 11.0. The minimum absolute atomic E-state index is 0.0820. The van der Waals surface area contributed by atoms with E-state index in [1.807, 2.05) is 25.1 Å². The van der Waals surface area contributed by atoms with Crippen molar-refractivity contribution in [2.45, 2.75) is 61.4 Å². The summed E-state index contributed by atoms with van der Waals surface area (Å²) in [5.41, 5.74) is 1.29. The molecular formula is C23H31N5O4S. The highest BCUT2D eigenvalue weighted by atomic mass is 32.2. The average molecular weight is 474 g/mol. The largest absolute Gasteiger partial charge is 0.446 e. The molecule has 2 fully saturated rings. The Hall–Kier alpha value is -2.72. The van der Waals surface area contributed by atoms with E-state index in [1.165, 1.54) is 18.0 Å². The van der Waals surface area contributed by atoms with Crippen molar-refractivity contribution in [3.8, 4) is 0 Å². The maximum atomic E-state index is 12.3. The SMILES string of the molecule is C[C@H](CNc1ncc(S(=O)(=O)C2CC2)cn1)NC(=O)OC1CCN(Cc2ccccc2)CC1. The molecular weight excluding hydrogens is 442 g/mol. The molecule has 33 heavy (non-hydrogen) atoms. The van der Waals surface area contributed by atoms with E-state index in [4.69, 9.17) is 4.74 Å². The molecule has 1 amide bonds. The van der Waals surface area contributed by atoms with Crippen molar-refractivity contribution in [1.82, 2.24) is 20.2 Å². The molecule has 1 saturated carbocycles. The molecule has 1 aromatic carbocycles. The van der Waals surface area contributed by atoms with Crippen LogP contribution in [0.5, 0.6) is 0 Å². The molecule has 9 nitrogen and oxygen atoms in total. The van der Waals surface area contributed by atoms with Crippen LogP contribution in [-0.2, 0) is 21.1 Å². The number of piperidine rings is 1. The van der Waals surface area contributed by atoms with Crippen molar-refractivity contribution in [2.24, 2.45) is 0 Å². The number of nitrogens with zero attached hydrogens (tertiary/aromatic N) is 3. The number of alkyl carbamates (subject to hydrolysis) is 1. The van der Waals surface area contributed by atoms with Crippen LogP contribution < -0.4 is 10.6 Å². The molecule has 0 unspecified atom stereocenters. The van der Waals surface area contributed by atoms with Gasteiger partial charge in [0.15, 0.2) is 9.84 Å². The van der Waals surface area contributed by atoms with Crippen LogP contribution in [-0.4, -0.2) is 66.4 Å². The van der Waals surface area contributed by atoms with E-state index in [2.05, 4.69) is 37.6 Å². The van der Waals surface area contributed by atoms with Gasteiger partial charge in [-0.25, -0.2) is 23.2 Å². The summed E-state index contributed by atoms with van der Waals surface area (Å²) in [7, 11) is -3.29. The zero-order valence-corrected chi connectivity index (χ0v) is 19.6. The van der Waals surface area contributed by atoms with Crippen LogP contribution in [0.25, 0.3) is 0 Å². The van der Waals surface area contributed by atoms with Gasteiger partial charge in [0.25, 0.3) is 0 Å². The molecule has 2 aromatic rings. The molecule has 1 aliphatic carbocycles. The summed E-state index contributed by atoms with van der Waals surface area (Å²) >= 11 is 0. The standard InChI is InChI=1S/C23H31N5O4S/c1-17(13-24-22-25-14-21(15-26-22)33(30,31)20-7-8-20)27-23(29)32-19-9-11-28(12-10-19)16-18-5-3-2-4-6-18/h2-6,14-15,17,19-20H,7-13,16H2,1H3,(H,27,29)(H,24,25,26)/t17-/m1/s1. The van der Waals surface area contributed by atoms with Gasteiger partial charge in [-0.2, -0.15) is 0 Å². The number of carbonyl (C=O) groups excluding carboxylic acids is 1. The lowest BCUT2D eigenvalue weighted by atomic mass is 10.1. The van der Waals surface area contributed by atoms with Crippen LogP contribution in [0.1, 0.15) is 38.2 Å². The van der Waals surface area contributed by atoms with Crippen LogP contribution >= 0.6 is 0 Å². The number of nitrogens with one attached hydrogen (secondary N) is 2. The van der Waals surface area contributed by atoms with Gasteiger partial charge in [0.05, 0.1) is 17.6 Å². The van der Waals surface area contributed by atoms with Gasteiger partial charge in [0, 0.05) is 32.2 Å². The van der Waals surface area contributed by atoms with Gasteiger partial charge in [-0.3, -0.25) is 4.90 Å². The number of amides is 1. The average Bonchev–Trinajstić information content (AvgIpc) is 3.66. The predicted octanol–water partition coefficient (Wildman–Crippen LogP) is 2.60. The molecule has 2 N–H and O–H groups in total. The second-order valence-electron chi connectivity index (χ2n) is 8.78. The molecule has 4 rings (SSSR count). The van der Waals surface area contributed by atoms with E-state index < -0.39 is 15.9 Å². The minimum atomic E-state index is -3.29. The van der Waals surface area contributed by atoms with E-state index >= 15 is 0 Å². The van der Waals surface area contributed by atoms with Crippen LogP contribution in [0.3, 0.4) is 0 Å². The van der Waals surface area contributed by atoms with Crippen molar-refractivity contribution in [3.63, 3.8) is 0 Å². The van der Waals surface area contributed by atoms with Gasteiger partial charge in [-0.15, -0.1) is 0 Å². The fourth-order valence-corrected chi connectivity index (χ4v) is 5.37. The Bertz CT molecular complexity index is 1020. The first-order valence-corrected chi connectivity index (χ1v) is 13.0. The van der Waals surface area contributed by atoms with E-state index in [-0.39, 0.29) is 22.3 Å². The van der Waals surface area contributed by atoms with Gasteiger partial charge < -0.3 is 15.4 Å². The van der Waals surface area contributed by atoms with Gasteiger partial charge >= 0.3 is 6.09 Å². The quantitative estimate of drug-likeness (QED) is 0.571. The van der Waals surface area contributed by atoms with Crippen LogP contribution in [0, 0.1) is 0 Å². The topological polar surface area (TPSA) is 114 Å². The molecule has 0 bridgehead atoms. The highest BCUT2D eigenvalue weighted by Crippen LogP contribution is 2.32.